The van der Waals surface area contributed by atoms with Gasteiger partial charge in [0.25, 0.3) is 5.91 Å². The summed E-state index contributed by atoms with van der Waals surface area (Å²) in [5.74, 6) is 0.692. The lowest BCUT2D eigenvalue weighted by molar-refractivity contribution is -0.128. The molecule has 10 nitrogen and oxygen atoms in total. The van der Waals surface area contributed by atoms with E-state index in [-0.39, 0.29) is 55.7 Å². The van der Waals surface area contributed by atoms with Crippen LogP contribution in [0.15, 0.2) is 60.8 Å². The van der Waals surface area contributed by atoms with Gasteiger partial charge in [-0.3, -0.25) is 24.6 Å². The number of benzene rings is 2. The van der Waals surface area contributed by atoms with E-state index in [1.165, 1.54) is 17.3 Å². The molecular weight excluding hydrogens is 669 g/mol. The number of hydrogen-bond acceptors (Lipinski definition) is 9. The van der Waals surface area contributed by atoms with Gasteiger partial charge in [-0.1, -0.05) is 36.3 Å². The number of ether oxygens (including phenoxy) is 1. The highest BCUT2D eigenvalue weighted by molar-refractivity contribution is 6.02. The maximum atomic E-state index is 16.9. The van der Waals surface area contributed by atoms with E-state index in [0.29, 0.717) is 46.4 Å². The van der Waals surface area contributed by atoms with Crippen molar-refractivity contribution in [1.29, 1.82) is 0 Å². The minimum absolute atomic E-state index is 0.00232. The Morgan fingerprint density at radius 1 is 1.08 bits per heavy atom. The van der Waals surface area contributed by atoms with Crippen LogP contribution in [0.25, 0.3) is 39.0 Å². The van der Waals surface area contributed by atoms with Crippen molar-refractivity contribution >= 4 is 39.5 Å². The van der Waals surface area contributed by atoms with Crippen LogP contribution < -0.4 is 9.64 Å². The van der Waals surface area contributed by atoms with E-state index in [1.807, 2.05) is 29.2 Å². The van der Waals surface area contributed by atoms with Gasteiger partial charge in [0.15, 0.2) is 11.6 Å². The molecule has 3 saturated heterocycles. The number of pyridine rings is 1. The normalized spacial score (nSPS) is 20.8. The number of aromatic nitrogens is 5. The van der Waals surface area contributed by atoms with Gasteiger partial charge in [0.1, 0.15) is 29.8 Å². The largest absolute Gasteiger partial charge is 0.461 e. The van der Waals surface area contributed by atoms with E-state index >= 15 is 8.78 Å². The molecule has 3 aromatic heterocycles. The molecule has 0 saturated carbocycles. The van der Waals surface area contributed by atoms with E-state index in [2.05, 4.69) is 30.8 Å². The molecule has 3 aliphatic rings. The predicted octanol–water partition coefficient (Wildman–Crippen LogP) is 5.68. The molecule has 3 aliphatic heterocycles. The standard InChI is InChI=1S/C39H35F3N8O2/c1-3-25-7-4-8-26-9-5-10-29(32(25)26)34-33(42)35-30(21-44-34)36(47-38(46-35)52-23-39-11-6-12-50(39)22-27(40)18-39)48-13-15-49(16-14-48)37(51)31(41)17-28-20-43-19-24(2)45-28/h1,4-5,7-10,17,19-21,27H,6,11-16,18,22-23H2,2H3/b31-17-/t27?,39-/m0/s1. The van der Waals surface area contributed by atoms with Crippen LogP contribution in [0.5, 0.6) is 6.01 Å². The number of amides is 1. The third-order valence-electron chi connectivity index (χ3n) is 10.3. The summed E-state index contributed by atoms with van der Waals surface area (Å²) >= 11 is 0. The van der Waals surface area contributed by atoms with Crippen LogP contribution in [0.2, 0.25) is 0 Å². The van der Waals surface area contributed by atoms with E-state index in [9.17, 15) is 9.18 Å². The summed E-state index contributed by atoms with van der Waals surface area (Å²) in [7, 11) is 0. The third-order valence-corrected chi connectivity index (χ3v) is 10.3. The SMILES string of the molecule is C#Cc1cccc2cccc(-c3ncc4c(N5CCN(C(=O)/C(F)=C/c6cncc(C)n6)CC5)nc(OC[C@@]56CCCN5CC(F)C6)nc4c3F)c12. The molecule has 1 unspecified atom stereocenters. The van der Waals surface area contributed by atoms with Gasteiger partial charge in [0.2, 0.25) is 0 Å². The van der Waals surface area contributed by atoms with Crippen molar-refractivity contribution < 1.29 is 22.7 Å². The molecule has 264 valence electrons. The van der Waals surface area contributed by atoms with Crippen molar-refractivity contribution in [1.82, 2.24) is 34.7 Å². The molecule has 13 heteroatoms. The summed E-state index contributed by atoms with van der Waals surface area (Å²) in [5, 5.41) is 1.89. The first-order chi connectivity index (χ1) is 25.2. The van der Waals surface area contributed by atoms with Crippen molar-refractivity contribution in [2.75, 3.05) is 50.8 Å². The molecule has 1 amide bonds. The molecule has 5 aromatic rings. The van der Waals surface area contributed by atoms with Gasteiger partial charge < -0.3 is 14.5 Å². The summed E-state index contributed by atoms with van der Waals surface area (Å²) in [6.07, 6.45) is 12.5. The maximum Gasteiger partial charge on any atom is 0.319 e. The Morgan fingerprint density at radius 3 is 2.67 bits per heavy atom. The first-order valence-corrected chi connectivity index (χ1v) is 17.3. The molecule has 0 spiro atoms. The Bertz CT molecular complexity index is 2280. The zero-order chi connectivity index (χ0) is 36.0. The Balaban J connectivity index is 1.14. The van der Waals surface area contributed by atoms with Crippen molar-refractivity contribution in [2.45, 2.75) is 37.9 Å². The molecule has 0 bridgehead atoms. The predicted molar refractivity (Wildman–Crippen MR) is 191 cm³/mol. The molecule has 8 rings (SSSR count). The van der Waals surface area contributed by atoms with Gasteiger partial charge in [-0.2, -0.15) is 9.97 Å². The summed E-state index contributed by atoms with van der Waals surface area (Å²) < 4.78 is 52.7. The number of alkyl halides is 1. The summed E-state index contributed by atoms with van der Waals surface area (Å²) in [5.41, 5.74) is 1.58. The first kappa shape index (κ1) is 33.5. The topological polar surface area (TPSA) is 100 Å². The lowest BCUT2D eigenvalue weighted by Crippen LogP contribution is -2.49. The molecular formula is C39H35F3N8O2. The van der Waals surface area contributed by atoms with Gasteiger partial charge in [-0.05, 0) is 37.8 Å². The number of aryl methyl sites for hydroxylation is 1. The van der Waals surface area contributed by atoms with E-state index in [0.717, 1.165) is 30.8 Å². The van der Waals surface area contributed by atoms with Gasteiger partial charge >= 0.3 is 6.01 Å². The monoisotopic (exact) mass is 704 g/mol. The number of rotatable bonds is 7. The van der Waals surface area contributed by atoms with E-state index < -0.39 is 29.3 Å². The zero-order valence-electron chi connectivity index (χ0n) is 28.5. The number of fused-ring (bicyclic) bond motifs is 3. The highest BCUT2D eigenvalue weighted by Gasteiger charge is 2.49. The number of terminal acetylenes is 1. The summed E-state index contributed by atoms with van der Waals surface area (Å²) in [4.78, 5) is 40.6. The second-order valence-electron chi connectivity index (χ2n) is 13.6. The molecule has 52 heavy (non-hydrogen) atoms. The van der Waals surface area contributed by atoms with Crippen molar-refractivity contribution in [3.05, 3.63) is 83.6 Å². The van der Waals surface area contributed by atoms with Crippen molar-refractivity contribution in [3.8, 4) is 29.6 Å². The fourth-order valence-corrected chi connectivity index (χ4v) is 7.84. The molecule has 3 fully saturated rings. The van der Waals surface area contributed by atoms with Crippen LogP contribution in [0, 0.1) is 25.1 Å². The molecule has 2 aromatic carbocycles. The van der Waals surface area contributed by atoms with Crippen LogP contribution >= 0.6 is 0 Å². The molecule has 0 aliphatic carbocycles. The molecule has 0 radical (unpaired) electrons. The van der Waals surface area contributed by atoms with Crippen LogP contribution in [0.1, 0.15) is 36.2 Å². The van der Waals surface area contributed by atoms with Gasteiger partial charge in [0, 0.05) is 74.1 Å². The number of carbonyl (C=O) groups is 1. The quantitative estimate of drug-likeness (QED) is 0.157. The Kier molecular flexibility index (Phi) is 8.71. The number of halogens is 3. The van der Waals surface area contributed by atoms with Crippen molar-refractivity contribution in [2.24, 2.45) is 0 Å². The fraction of sp³-hybridized carbons (Fsp3) is 0.333. The van der Waals surface area contributed by atoms with E-state index in [4.69, 9.17) is 16.1 Å². The second-order valence-corrected chi connectivity index (χ2v) is 13.6. The Hall–Kier alpha value is -5.61. The zero-order valence-corrected chi connectivity index (χ0v) is 28.5. The third kappa shape index (κ3) is 6.06. The molecule has 2 atom stereocenters. The molecule has 0 N–H and O–H groups in total. The van der Waals surface area contributed by atoms with E-state index in [1.54, 1.807) is 25.3 Å². The lowest BCUT2D eigenvalue weighted by atomic mass is 9.95. The van der Waals surface area contributed by atoms with Crippen LogP contribution in [-0.2, 0) is 4.79 Å². The first-order valence-electron chi connectivity index (χ1n) is 17.3. The average molecular weight is 705 g/mol. The second kappa shape index (κ2) is 13.5. The summed E-state index contributed by atoms with van der Waals surface area (Å²) in [6.45, 7) is 3.94. The van der Waals surface area contributed by atoms with Gasteiger partial charge in [0.05, 0.1) is 28.5 Å². The fourth-order valence-electron chi connectivity index (χ4n) is 7.84. The van der Waals surface area contributed by atoms with Crippen LogP contribution in [-0.4, -0.2) is 98.2 Å². The minimum Gasteiger partial charge on any atom is -0.461 e. The molecule has 6 heterocycles. The Morgan fingerprint density at radius 2 is 1.88 bits per heavy atom. The average Bonchev–Trinajstić information content (AvgIpc) is 3.69. The van der Waals surface area contributed by atoms with Gasteiger partial charge in [-0.15, -0.1) is 6.42 Å². The number of carbonyl (C=O) groups excluding carboxylic acids is 1. The number of anilines is 1. The number of piperazine rings is 1. The van der Waals surface area contributed by atoms with Crippen LogP contribution in [0.3, 0.4) is 0 Å². The minimum atomic E-state index is -0.945. The number of hydrogen-bond donors (Lipinski definition) is 0. The highest BCUT2D eigenvalue weighted by Crippen LogP contribution is 2.41. The number of nitrogens with zero attached hydrogens (tertiary/aromatic N) is 8. The van der Waals surface area contributed by atoms with Gasteiger partial charge in [-0.25, -0.2) is 13.2 Å². The lowest BCUT2D eigenvalue weighted by Gasteiger charge is -2.35. The Labute approximate surface area is 298 Å². The highest BCUT2D eigenvalue weighted by atomic mass is 19.1. The summed E-state index contributed by atoms with van der Waals surface area (Å²) in [6, 6.07) is 11.0. The van der Waals surface area contributed by atoms with Crippen LogP contribution in [0.4, 0.5) is 19.0 Å². The van der Waals surface area contributed by atoms with Crippen molar-refractivity contribution in [3.63, 3.8) is 0 Å². The smallest absolute Gasteiger partial charge is 0.319 e. The maximum absolute atomic E-state index is 16.9.